The minimum atomic E-state index is -0.674. The number of benzene rings is 2. The highest BCUT2D eigenvalue weighted by Gasteiger charge is 2.17. The Morgan fingerprint density at radius 2 is 1.77 bits per heavy atom. The Labute approximate surface area is 182 Å². The maximum Gasteiger partial charge on any atom is 0.332 e. The predicted octanol–water partition coefficient (Wildman–Crippen LogP) is 3.84. The fraction of sp³-hybridized carbons (Fsp3) is 0.0952. The number of fused-ring (bicyclic) bond motifs is 1. The van der Waals surface area contributed by atoms with E-state index in [1.807, 2.05) is 0 Å². The molecule has 0 spiro atoms. The van der Waals surface area contributed by atoms with Crippen molar-refractivity contribution in [2.45, 2.75) is 13.1 Å². The average Bonchev–Trinajstić information content (AvgIpc) is 3.23. The quantitative estimate of drug-likeness (QED) is 0.490. The third-order valence-electron chi connectivity index (χ3n) is 4.60. The van der Waals surface area contributed by atoms with E-state index >= 15 is 0 Å². The number of halogens is 3. The van der Waals surface area contributed by atoms with Crippen molar-refractivity contribution in [1.82, 2.24) is 9.13 Å². The zero-order valence-corrected chi connectivity index (χ0v) is 17.3. The number of amides is 1. The average molecular weight is 462 g/mol. The first kappa shape index (κ1) is 21.0. The summed E-state index contributed by atoms with van der Waals surface area (Å²) >= 11 is 6.88. The van der Waals surface area contributed by atoms with Gasteiger partial charge >= 0.3 is 5.69 Å². The molecule has 10 heteroatoms. The zero-order valence-electron chi connectivity index (χ0n) is 15.8. The molecule has 2 heterocycles. The number of hydrogen-bond acceptors (Lipinski definition) is 4. The highest BCUT2D eigenvalue weighted by atomic mass is 35.5. The van der Waals surface area contributed by atoms with E-state index in [9.17, 15) is 23.2 Å². The van der Waals surface area contributed by atoms with Crippen LogP contribution < -0.4 is 16.6 Å². The molecule has 1 N–H and O–H groups in total. The summed E-state index contributed by atoms with van der Waals surface area (Å²) < 4.78 is 29.0. The van der Waals surface area contributed by atoms with Gasteiger partial charge < -0.3 is 5.32 Å². The Morgan fingerprint density at radius 3 is 2.48 bits per heavy atom. The van der Waals surface area contributed by atoms with Crippen molar-refractivity contribution in [3.63, 3.8) is 0 Å². The van der Waals surface area contributed by atoms with Gasteiger partial charge in [-0.3, -0.25) is 18.7 Å². The van der Waals surface area contributed by atoms with Crippen LogP contribution in [0.3, 0.4) is 0 Å². The zero-order chi connectivity index (χ0) is 22.1. The lowest BCUT2D eigenvalue weighted by Gasteiger charge is -2.13. The number of nitrogens with one attached hydrogen (secondary N) is 1. The number of rotatable bonds is 5. The summed E-state index contributed by atoms with van der Waals surface area (Å²) in [5, 5.41) is 4.06. The number of carbonyl (C=O) groups is 1. The van der Waals surface area contributed by atoms with Gasteiger partial charge in [0.15, 0.2) is 0 Å². The smallest absolute Gasteiger partial charge is 0.324 e. The van der Waals surface area contributed by atoms with Crippen LogP contribution in [0.4, 0.5) is 14.5 Å². The van der Waals surface area contributed by atoms with Gasteiger partial charge in [0, 0.05) is 5.69 Å². The van der Waals surface area contributed by atoms with Gasteiger partial charge in [-0.15, -0.1) is 11.3 Å². The van der Waals surface area contributed by atoms with Gasteiger partial charge in [-0.05, 0) is 47.3 Å². The Kier molecular flexibility index (Phi) is 5.71. The van der Waals surface area contributed by atoms with Crippen LogP contribution in [0.15, 0.2) is 63.5 Å². The van der Waals surface area contributed by atoms with Crippen LogP contribution in [0.2, 0.25) is 5.02 Å². The molecule has 2 aromatic heterocycles. The molecule has 1 amide bonds. The first-order chi connectivity index (χ1) is 14.8. The minimum absolute atomic E-state index is 0.0685. The molecule has 0 aliphatic carbocycles. The van der Waals surface area contributed by atoms with E-state index in [0.29, 0.717) is 15.8 Å². The molecule has 6 nitrogen and oxygen atoms in total. The van der Waals surface area contributed by atoms with E-state index < -0.39 is 28.8 Å². The molecular formula is C21H14ClF2N3O3S. The Morgan fingerprint density at radius 1 is 1.03 bits per heavy atom. The number of hydrogen-bond donors (Lipinski definition) is 1. The SMILES string of the molecule is O=C(Cn1c(=O)n(Cc2ccc(F)cc2)c(=O)c2sccc21)Nc1ccc(F)c(Cl)c1. The second kappa shape index (κ2) is 8.44. The Hall–Kier alpha value is -3.30. The van der Waals surface area contributed by atoms with Crippen LogP contribution in [-0.4, -0.2) is 15.0 Å². The fourth-order valence-electron chi connectivity index (χ4n) is 3.12. The topological polar surface area (TPSA) is 73.1 Å². The number of anilines is 1. The molecular weight excluding hydrogens is 448 g/mol. The van der Waals surface area contributed by atoms with Crippen LogP contribution in [-0.2, 0) is 17.9 Å². The lowest BCUT2D eigenvalue weighted by Crippen LogP contribution is -2.41. The third kappa shape index (κ3) is 4.28. The van der Waals surface area contributed by atoms with Crippen molar-refractivity contribution in [2.75, 3.05) is 5.32 Å². The molecule has 0 saturated heterocycles. The van der Waals surface area contributed by atoms with E-state index in [0.717, 1.165) is 22.0 Å². The van der Waals surface area contributed by atoms with Crippen LogP contribution >= 0.6 is 22.9 Å². The molecule has 0 unspecified atom stereocenters. The molecule has 4 aromatic rings. The summed E-state index contributed by atoms with van der Waals surface area (Å²) in [7, 11) is 0. The number of aromatic nitrogens is 2. The molecule has 0 saturated carbocycles. The molecule has 0 bridgehead atoms. The van der Waals surface area contributed by atoms with Crippen LogP contribution in [0.1, 0.15) is 5.56 Å². The van der Waals surface area contributed by atoms with Crippen molar-refractivity contribution in [2.24, 2.45) is 0 Å². The molecule has 0 aliphatic heterocycles. The Bertz CT molecular complexity index is 1410. The molecule has 0 radical (unpaired) electrons. The summed E-state index contributed by atoms with van der Waals surface area (Å²) in [5.41, 5.74) is 0.00978. The summed E-state index contributed by atoms with van der Waals surface area (Å²) in [6, 6.07) is 10.7. The van der Waals surface area contributed by atoms with Gasteiger partial charge in [0.05, 0.1) is 17.1 Å². The van der Waals surface area contributed by atoms with Crippen molar-refractivity contribution >= 4 is 44.7 Å². The maximum absolute atomic E-state index is 13.3. The molecule has 0 aliphatic rings. The fourth-order valence-corrected chi connectivity index (χ4v) is 4.14. The lowest BCUT2D eigenvalue weighted by atomic mass is 10.2. The van der Waals surface area contributed by atoms with Gasteiger partial charge in [0.25, 0.3) is 5.56 Å². The normalized spacial score (nSPS) is 11.1. The van der Waals surface area contributed by atoms with Crippen molar-refractivity contribution in [3.05, 3.63) is 97.0 Å². The largest absolute Gasteiger partial charge is 0.332 e. The second-order valence-corrected chi connectivity index (χ2v) is 8.02. The molecule has 0 atom stereocenters. The van der Waals surface area contributed by atoms with Crippen LogP contribution in [0.5, 0.6) is 0 Å². The number of nitrogens with zero attached hydrogens (tertiary/aromatic N) is 2. The summed E-state index contributed by atoms with van der Waals surface area (Å²) in [4.78, 5) is 38.4. The van der Waals surface area contributed by atoms with Gasteiger partial charge in [-0.1, -0.05) is 23.7 Å². The molecule has 0 fully saturated rings. The predicted molar refractivity (Wildman–Crippen MR) is 116 cm³/mol. The highest BCUT2D eigenvalue weighted by Crippen LogP contribution is 2.20. The van der Waals surface area contributed by atoms with Crippen molar-refractivity contribution < 1.29 is 13.6 Å². The number of thiophene rings is 1. The maximum atomic E-state index is 13.3. The summed E-state index contributed by atoms with van der Waals surface area (Å²) in [6.45, 7) is -0.439. The Balaban J connectivity index is 1.69. The third-order valence-corrected chi connectivity index (χ3v) is 5.78. The molecule has 4 rings (SSSR count). The van der Waals surface area contributed by atoms with E-state index in [-0.39, 0.29) is 23.8 Å². The summed E-state index contributed by atoms with van der Waals surface area (Å²) in [6.07, 6.45) is 0. The van der Waals surface area contributed by atoms with E-state index in [1.54, 1.807) is 11.4 Å². The summed E-state index contributed by atoms with van der Waals surface area (Å²) in [5.74, 6) is -1.60. The van der Waals surface area contributed by atoms with Gasteiger partial charge in [-0.25, -0.2) is 13.6 Å². The molecule has 31 heavy (non-hydrogen) atoms. The minimum Gasteiger partial charge on any atom is -0.324 e. The van der Waals surface area contributed by atoms with Gasteiger partial charge in [0.1, 0.15) is 22.9 Å². The van der Waals surface area contributed by atoms with E-state index in [1.165, 1.54) is 41.0 Å². The van der Waals surface area contributed by atoms with E-state index in [4.69, 9.17) is 11.6 Å². The van der Waals surface area contributed by atoms with Crippen LogP contribution in [0, 0.1) is 11.6 Å². The first-order valence-electron chi connectivity index (χ1n) is 9.03. The van der Waals surface area contributed by atoms with Crippen molar-refractivity contribution in [1.29, 1.82) is 0 Å². The molecule has 158 valence electrons. The number of carbonyl (C=O) groups excluding carboxylic acids is 1. The standard InChI is InChI=1S/C21H14ClF2N3O3S/c22-15-9-14(5-6-16(15)24)25-18(28)11-26-17-7-8-31-19(17)20(29)27(21(26)30)10-12-1-3-13(23)4-2-12/h1-9H,10-11H2,(H,25,28). The highest BCUT2D eigenvalue weighted by molar-refractivity contribution is 7.17. The van der Waals surface area contributed by atoms with E-state index in [2.05, 4.69) is 5.32 Å². The van der Waals surface area contributed by atoms with Gasteiger partial charge in [0.2, 0.25) is 5.91 Å². The second-order valence-electron chi connectivity index (χ2n) is 6.70. The van der Waals surface area contributed by atoms with Gasteiger partial charge in [-0.2, -0.15) is 0 Å². The van der Waals surface area contributed by atoms with Crippen LogP contribution in [0.25, 0.3) is 10.2 Å². The lowest BCUT2D eigenvalue weighted by molar-refractivity contribution is -0.116. The first-order valence-corrected chi connectivity index (χ1v) is 10.3. The molecule has 2 aromatic carbocycles. The van der Waals surface area contributed by atoms with Crippen molar-refractivity contribution in [3.8, 4) is 0 Å². The monoisotopic (exact) mass is 461 g/mol.